The van der Waals surface area contributed by atoms with Gasteiger partial charge in [-0.2, -0.15) is 0 Å². The average Bonchev–Trinajstić information content (AvgIpc) is 1.85. The molecule has 0 aliphatic heterocycles. The van der Waals surface area contributed by atoms with Gasteiger partial charge in [0.05, 0.1) is 0 Å². The first-order chi connectivity index (χ1) is 4.95. The third kappa shape index (κ3) is 8.25. The first kappa shape index (κ1) is 11.4. The van der Waals surface area contributed by atoms with Gasteiger partial charge in [0.1, 0.15) is 0 Å². The minimum Gasteiger partial charge on any atom is -0.250 e. The minimum absolute atomic E-state index is 0.228. The third-order valence-electron chi connectivity index (χ3n) is 2.15. The average molecular weight is 176 g/mol. The van der Waals surface area contributed by atoms with E-state index in [-0.39, 0.29) is 10.0 Å². The van der Waals surface area contributed by atoms with E-state index in [9.17, 15) is 0 Å². The Hall–Kier alpha value is 0.350. The molecular formula is C10H24S. The molecule has 0 nitrogen and oxygen atoms in total. The van der Waals surface area contributed by atoms with Crippen molar-refractivity contribution >= 4 is 10.0 Å². The molecule has 0 saturated carbocycles. The van der Waals surface area contributed by atoms with Gasteiger partial charge < -0.3 is 0 Å². The van der Waals surface area contributed by atoms with Crippen molar-refractivity contribution < 1.29 is 0 Å². The van der Waals surface area contributed by atoms with E-state index < -0.39 is 0 Å². The molecule has 0 amide bonds. The molecule has 0 rings (SSSR count). The quantitative estimate of drug-likeness (QED) is 0.601. The lowest BCUT2D eigenvalue weighted by molar-refractivity contribution is 0.511. The highest BCUT2D eigenvalue weighted by molar-refractivity contribution is 8.32. The number of hydrogen-bond acceptors (Lipinski definition) is 0. The molecule has 0 aromatic heterocycles. The van der Waals surface area contributed by atoms with Crippen molar-refractivity contribution in [3.8, 4) is 0 Å². The van der Waals surface area contributed by atoms with Crippen molar-refractivity contribution in [3.05, 3.63) is 0 Å². The molecule has 0 aliphatic rings. The van der Waals surface area contributed by atoms with Crippen molar-refractivity contribution in [2.24, 2.45) is 5.92 Å². The molecule has 1 heteroatoms. The van der Waals surface area contributed by atoms with Gasteiger partial charge in [0, 0.05) is 0 Å². The van der Waals surface area contributed by atoms with Gasteiger partial charge in [-0.1, -0.05) is 20.3 Å². The first-order valence-electron chi connectivity index (χ1n) is 4.61. The van der Waals surface area contributed by atoms with E-state index in [2.05, 4.69) is 32.6 Å². The standard InChI is InChI=1S/C10H24S/c1-6-10(2)8-7-9-11(3,4)5/h10H,6-9H2,1-5H3. The van der Waals surface area contributed by atoms with E-state index in [1.54, 1.807) is 0 Å². The highest BCUT2D eigenvalue weighted by Gasteiger charge is 2.04. The lowest BCUT2D eigenvalue weighted by Crippen LogP contribution is -2.01. The summed E-state index contributed by atoms with van der Waals surface area (Å²) in [5, 5.41) is 0. The Morgan fingerprint density at radius 1 is 1.18 bits per heavy atom. The fraction of sp³-hybridized carbons (Fsp3) is 1.00. The highest BCUT2D eigenvalue weighted by atomic mass is 32.3. The van der Waals surface area contributed by atoms with Crippen LogP contribution < -0.4 is 0 Å². The van der Waals surface area contributed by atoms with Crippen LogP contribution in [0.5, 0.6) is 0 Å². The van der Waals surface area contributed by atoms with Gasteiger partial charge in [0.2, 0.25) is 0 Å². The number of rotatable bonds is 5. The van der Waals surface area contributed by atoms with Crippen LogP contribution in [0.25, 0.3) is 0 Å². The summed E-state index contributed by atoms with van der Waals surface area (Å²) in [6.07, 6.45) is 11.4. The molecule has 0 aromatic rings. The topological polar surface area (TPSA) is 0 Å². The zero-order valence-electron chi connectivity index (χ0n) is 8.81. The summed E-state index contributed by atoms with van der Waals surface area (Å²) >= 11 is 0. The van der Waals surface area contributed by atoms with Crippen LogP contribution in [0, 0.1) is 5.92 Å². The second kappa shape index (κ2) is 5.08. The Morgan fingerprint density at radius 3 is 2.09 bits per heavy atom. The maximum Gasteiger partial charge on any atom is -0.0235 e. The van der Waals surface area contributed by atoms with Crippen LogP contribution in [0.3, 0.4) is 0 Å². The van der Waals surface area contributed by atoms with Gasteiger partial charge in [-0.3, -0.25) is 0 Å². The molecule has 0 bridgehead atoms. The molecule has 0 radical (unpaired) electrons. The zero-order chi connectivity index (χ0) is 8.91. The van der Waals surface area contributed by atoms with E-state index in [0.29, 0.717) is 0 Å². The number of hydrogen-bond donors (Lipinski definition) is 0. The van der Waals surface area contributed by atoms with Gasteiger partial charge >= 0.3 is 0 Å². The highest BCUT2D eigenvalue weighted by Crippen LogP contribution is 2.35. The molecule has 0 heterocycles. The molecule has 0 N–H and O–H groups in total. The van der Waals surface area contributed by atoms with E-state index in [1.165, 1.54) is 25.0 Å². The summed E-state index contributed by atoms with van der Waals surface area (Å²) < 4.78 is 0. The second-order valence-electron chi connectivity index (χ2n) is 4.45. The molecule has 0 aromatic carbocycles. The summed E-state index contributed by atoms with van der Waals surface area (Å²) in [4.78, 5) is 0. The van der Waals surface area contributed by atoms with Crippen LogP contribution in [-0.2, 0) is 0 Å². The van der Waals surface area contributed by atoms with Crippen LogP contribution >= 0.6 is 10.0 Å². The lowest BCUT2D eigenvalue weighted by Gasteiger charge is -2.25. The summed E-state index contributed by atoms with van der Waals surface area (Å²) in [5.74, 6) is 2.40. The summed E-state index contributed by atoms with van der Waals surface area (Å²) in [6, 6.07) is 0. The van der Waals surface area contributed by atoms with E-state index >= 15 is 0 Å². The van der Waals surface area contributed by atoms with Crippen molar-refractivity contribution in [1.82, 2.24) is 0 Å². The van der Waals surface area contributed by atoms with Gasteiger partial charge in [0.15, 0.2) is 0 Å². The maximum atomic E-state index is 2.41. The Kier molecular flexibility index (Phi) is 5.24. The van der Waals surface area contributed by atoms with Crippen molar-refractivity contribution in [2.45, 2.75) is 33.1 Å². The largest absolute Gasteiger partial charge is 0.250 e. The molecule has 0 aliphatic carbocycles. The van der Waals surface area contributed by atoms with Crippen molar-refractivity contribution in [1.29, 1.82) is 0 Å². The van der Waals surface area contributed by atoms with Crippen LogP contribution in [0.2, 0.25) is 0 Å². The van der Waals surface area contributed by atoms with Gasteiger partial charge in [-0.25, -0.2) is 10.0 Å². The molecule has 0 saturated heterocycles. The van der Waals surface area contributed by atoms with Crippen molar-refractivity contribution in [2.75, 3.05) is 24.5 Å². The van der Waals surface area contributed by atoms with Gasteiger partial charge in [-0.15, -0.1) is 0 Å². The molecule has 11 heavy (non-hydrogen) atoms. The second-order valence-corrected chi connectivity index (χ2v) is 9.04. The van der Waals surface area contributed by atoms with Gasteiger partial charge in [0.25, 0.3) is 0 Å². The summed E-state index contributed by atoms with van der Waals surface area (Å²) in [7, 11) is -0.228. The molecular weight excluding hydrogens is 152 g/mol. The fourth-order valence-electron chi connectivity index (χ4n) is 1.07. The maximum absolute atomic E-state index is 2.41. The Morgan fingerprint density at radius 2 is 1.73 bits per heavy atom. The molecule has 0 spiro atoms. The molecule has 70 valence electrons. The third-order valence-corrected chi connectivity index (χ3v) is 3.66. The lowest BCUT2D eigenvalue weighted by atomic mass is 10.0. The fourth-order valence-corrected chi connectivity index (χ4v) is 2.10. The normalized spacial score (nSPS) is 16.5. The Labute approximate surface area is 74.1 Å². The monoisotopic (exact) mass is 176 g/mol. The van der Waals surface area contributed by atoms with Crippen molar-refractivity contribution in [3.63, 3.8) is 0 Å². The van der Waals surface area contributed by atoms with Crippen LogP contribution in [0.1, 0.15) is 33.1 Å². The van der Waals surface area contributed by atoms with Crippen LogP contribution in [0.15, 0.2) is 0 Å². The molecule has 0 fully saturated rings. The summed E-state index contributed by atoms with van der Waals surface area (Å²) in [6.45, 7) is 4.65. The zero-order valence-corrected chi connectivity index (χ0v) is 9.63. The summed E-state index contributed by atoms with van der Waals surface area (Å²) in [5.41, 5.74) is 0. The molecule has 1 atom stereocenters. The van der Waals surface area contributed by atoms with Crippen LogP contribution in [-0.4, -0.2) is 24.5 Å². The van der Waals surface area contributed by atoms with E-state index in [1.807, 2.05) is 0 Å². The SMILES string of the molecule is CCC(C)CCCS(C)(C)C. The minimum atomic E-state index is -0.228. The first-order valence-corrected chi connectivity index (χ1v) is 7.64. The predicted octanol–water partition coefficient (Wildman–Crippen LogP) is 3.51. The molecule has 1 unspecified atom stereocenters. The Balaban J connectivity index is 3.28. The predicted molar refractivity (Wildman–Crippen MR) is 58.9 cm³/mol. The van der Waals surface area contributed by atoms with Crippen LogP contribution in [0.4, 0.5) is 0 Å². The van der Waals surface area contributed by atoms with E-state index in [0.717, 1.165) is 5.92 Å². The Bertz CT molecular complexity index is 91.5. The van der Waals surface area contributed by atoms with E-state index in [4.69, 9.17) is 0 Å². The van der Waals surface area contributed by atoms with Gasteiger partial charge in [-0.05, 0) is 43.3 Å². The smallest absolute Gasteiger partial charge is 0.0235 e.